The van der Waals surface area contributed by atoms with Crippen molar-refractivity contribution in [3.8, 4) is 0 Å². The number of hydrogen-bond acceptors (Lipinski definition) is 3. The summed E-state index contributed by atoms with van der Waals surface area (Å²) in [4.78, 5) is 25.3. The van der Waals surface area contributed by atoms with Gasteiger partial charge in [-0.15, -0.1) is 0 Å². The van der Waals surface area contributed by atoms with Gasteiger partial charge in [0.25, 0.3) is 0 Å². The number of likely N-dealkylation sites (N-methyl/N-ethyl adjacent to an activating group) is 2. The van der Waals surface area contributed by atoms with Gasteiger partial charge in [-0.25, -0.2) is 0 Å². The van der Waals surface area contributed by atoms with Crippen molar-refractivity contribution in [3.05, 3.63) is 24.0 Å². The number of nitrogens with one attached hydrogen (secondary N) is 1. The van der Waals surface area contributed by atoms with Crippen LogP contribution in [-0.4, -0.2) is 47.3 Å². The van der Waals surface area contributed by atoms with Crippen LogP contribution in [0.25, 0.3) is 0 Å². The molecule has 0 aliphatic heterocycles. The number of nitrogens with zero attached hydrogens (tertiary/aromatic N) is 2. The molecule has 1 aromatic rings. The van der Waals surface area contributed by atoms with E-state index in [1.54, 1.807) is 12.3 Å². The van der Waals surface area contributed by atoms with Gasteiger partial charge in [-0.05, 0) is 19.5 Å². The van der Waals surface area contributed by atoms with Crippen LogP contribution >= 0.6 is 0 Å². The molecular weight excluding hydrogens is 230 g/mol. The average Bonchev–Trinajstić information content (AvgIpc) is 2.75. The quantitative estimate of drug-likeness (QED) is 0.725. The molecule has 0 spiro atoms. The van der Waals surface area contributed by atoms with E-state index in [9.17, 15) is 9.59 Å². The lowest BCUT2D eigenvalue weighted by Gasteiger charge is -2.18. The van der Waals surface area contributed by atoms with Crippen LogP contribution in [0.4, 0.5) is 0 Å². The van der Waals surface area contributed by atoms with Gasteiger partial charge in [0.15, 0.2) is 5.78 Å². The van der Waals surface area contributed by atoms with Crippen molar-refractivity contribution in [1.29, 1.82) is 0 Å². The summed E-state index contributed by atoms with van der Waals surface area (Å²) in [5.74, 6) is 0.00181. The first kappa shape index (κ1) is 14.4. The van der Waals surface area contributed by atoms with Crippen LogP contribution in [0.15, 0.2) is 18.5 Å². The Labute approximate surface area is 108 Å². The summed E-state index contributed by atoms with van der Waals surface area (Å²) in [6.07, 6.45) is 3.63. The highest BCUT2D eigenvalue weighted by atomic mass is 16.2. The molecule has 0 fully saturated rings. The highest BCUT2D eigenvalue weighted by Crippen LogP contribution is 2.02. The van der Waals surface area contributed by atoms with Crippen LogP contribution in [0.2, 0.25) is 0 Å². The molecule has 0 aliphatic carbocycles. The van der Waals surface area contributed by atoms with E-state index in [0.717, 1.165) is 0 Å². The fourth-order valence-corrected chi connectivity index (χ4v) is 1.70. The van der Waals surface area contributed by atoms with Gasteiger partial charge in [0.2, 0.25) is 5.91 Å². The first-order chi connectivity index (χ1) is 8.56. The minimum atomic E-state index is -0.0415. The molecule has 0 bridgehead atoms. The number of aryl methyl sites for hydroxylation is 1. The second kappa shape index (κ2) is 6.96. The second-order valence-electron chi connectivity index (χ2n) is 4.25. The molecule has 1 heterocycles. The van der Waals surface area contributed by atoms with Gasteiger partial charge < -0.3 is 9.88 Å². The molecule has 5 nitrogen and oxygen atoms in total. The van der Waals surface area contributed by atoms with E-state index in [1.807, 2.05) is 36.6 Å². The van der Waals surface area contributed by atoms with Crippen LogP contribution < -0.4 is 5.32 Å². The van der Waals surface area contributed by atoms with Crippen molar-refractivity contribution in [2.24, 2.45) is 7.05 Å². The average molecular weight is 251 g/mol. The Hall–Kier alpha value is -1.62. The molecule has 5 heteroatoms. The molecule has 0 saturated carbocycles. The van der Waals surface area contributed by atoms with Gasteiger partial charge >= 0.3 is 0 Å². The lowest BCUT2D eigenvalue weighted by atomic mass is 10.2. The van der Waals surface area contributed by atoms with Crippen molar-refractivity contribution in [1.82, 2.24) is 14.8 Å². The van der Waals surface area contributed by atoms with Crippen LogP contribution in [-0.2, 0) is 11.8 Å². The van der Waals surface area contributed by atoms with Crippen molar-refractivity contribution in [2.75, 3.05) is 26.2 Å². The smallest absolute Gasteiger partial charge is 0.234 e. The first-order valence-electron chi connectivity index (χ1n) is 6.21. The third kappa shape index (κ3) is 4.33. The van der Waals surface area contributed by atoms with Gasteiger partial charge in [-0.3, -0.25) is 14.5 Å². The van der Waals surface area contributed by atoms with Crippen LogP contribution in [0, 0.1) is 0 Å². The molecule has 1 N–H and O–H groups in total. The van der Waals surface area contributed by atoms with Crippen LogP contribution in [0.3, 0.4) is 0 Å². The highest BCUT2D eigenvalue weighted by Gasteiger charge is 2.14. The number of Topliss-reactive ketones (excluding diaryl/α,β-unsaturated/α-hetero) is 1. The van der Waals surface area contributed by atoms with E-state index in [4.69, 9.17) is 0 Å². The summed E-state index contributed by atoms with van der Waals surface area (Å²) in [6.45, 7) is 5.65. The Morgan fingerprint density at radius 1 is 1.33 bits per heavy atom. The minimum Gasteiger partial charge on any atom is -0.357 e. The van der Waals surface area contributed by atoms with E-state index in [2.05, 4.69) is 5.32 Å². The molecule has 0 saturated heterocycles. The van der Waals surface area contributed by atoms with E-state index in [1.165, 1.54) is 0 Å². The zero-order chi connectivity index (χ0) is 13.5. The van der Waals surface area contributed by atoms with E-state index >= 15 is 0 Å². The fraction of sp³-hybridized carbons (Fsp3) is 0.538. The third-order valence-electron chi connectivity index (χ3n) is 2.71. The van der Waals surface area contributed by atoms with Crippen molar-refractivity contribution in [3.63, 3.8) is 0 Å². The Kier molecular flexibility index (Phi) is 5.58. The van der Waals surface area contributed by atoms with Gasteiger partial charge in [0.1, 0.15) is 0 Å². The topological polar surface area (TPSA) is 54.3 Å². The number of ketones is 1. The Morgan fingerprint density at radius 3 is 2.56 bits per heavy atom. The summed E-state index contributed by atoms with van der Waals surface area (Å²) in [6, 6.07) is 1.79. The molecule has 1 aromatic heterocycles. The normalized spacial score (nSPS) is 10.7. The molecule has 1 rings (SSSR count). The summed E-state index contributed by atoms with van der Waals surface area (Å²) in [5.41, 5.74) is 0.687. The van der Waals surface area contributed by atoms with Gasteiger partial charge in [-0.1, -0.05) is 6.92 Å². The SMILES string of the molecule is CCNC(=O)CN(CC)CC(=O)c1ccn(C)c1. The van der Waals surface area contributed by atoms with Crippen LogP contribution in [0.5, 0.6) is 0 Å². The van der Waals surface area contributed by atoms with Gasteiger partial charge in [0, 0.05) is 31.5 Å². The van der Waals surface area contributed by atoms with Gasteiger partial charge in [0.05, 0.1) is 13.1 Å². The highest BCUT2D eigenvalue weighted by molar-refractivity contribution is 5.97. The van der Waals surface area contributed by atoms with Crippen molar-refractivity contribution >= 4 is 11.7 Å². The Morgan fingerprint density at radius 2 is 2.06 bits per heavy atom. The first-order valence-corrected chi connectivity index (χ1v) is 6.21. The summed E-state index contributed by atoms with van der Waals surface area (Å²) in [5, 5.41) is 2.73. The largest absolute Gasteiger partial charge is 0.357 e. The molecule has 0 radical (unpaired) electrons. The zero-order valence-corrected chi connectivity index (χ0v) is 11.3. The molecule has 0 aromatic carbocycles. The molecule has 0 atom stereocenters. The van der Waals surface area contributed by atoms with Crippen molar-refractivity contribution < 1.29 is 9.59 Å². The predicted molar refractivity (Wildman–Crippen MR) is 70.5 cm³/mol. The Balaban J connectivity index is 2.52. The zero-order valence-electron chi connectivity index (χ0n) is 11.3. The minimum absolute atomic E-state index is 0.0415. The number of aromatic nitrogens is 1. The maximum atomic E-state index is 12.0. The Bertz CT molecular complexity index is 412. The molecule has 0 unspecified atom stereocenters. The van der Waals surface area contributed by atoms with Gasteiger partial charge in [-0.2, -0.15) is 0 Å². The van der Waals surface area contributed by atoms with E-state index in [0.29, 0.717) is 18.7 Å². The molecule has 100 valence electrons. The van der Waals surface area contributed by atoms with E-state index in [-0.39, 0.29) is 24.8 Å². The number of carbonyl (C=O) groups excluding carboxylic acids is 2. The predicted octanol–water partition coefficient (Wildman–Crippen LogP) is 0.666. The number of amides is 1. The maximum Gasteiger partial charge on any atom is 0.234 e. The lowest BCUT2D eigenvalue weighted by Crippen LogP contribution is -2.39. The van der Waals surface area contributed by atoms with Crippen LogP contribution in [0.1, 0.15) is 24.2 Å². The molecule has 1 amide bonds. The monoisotopic (exact) mass is 251 g/mol. The van der Waals surface area contributed by atoms with Crippen molar-refractivity contribution in [2.45, 2.75) is 13.8 Å². The molecule has 18 heavy (non-hydrogen) atoms. The summed E-state index contributed by atoms with van der Waals surface area (Å²) < 4.78 is 1.84. The lowest BCUT2D eigenvalue weighted by molar-refractivity contribution is -0.121. The fourth-order valence-electron chi connectivity index (χ4n) is 1.70. The second-order valence-corrected chi connectivity index (χ2v) is 4.25. The summed E-state index contributed by atoms with van der Waals surface area (Å²) in [7, 11) is 1.88. The third-order valence-corrected chi connectivity index (χ3v) is 2.71. The molecular formula is C13H21N3O2. The number of carbonyl (C=O) groups is 2. The standard InChI is InChI=1S/C13H21N3O2/c1-4-14-13(18)10-16(5-2)9-12(17)11-6-7-15(3)8-11/h6-8H,4-5,9-10H2,1-3H3,(H,14,18). The summed E-state index contributed by atoms with van der Waals surface area (Å²) >= 11 is 0. The van der Waals surface area contributed by atoms with E-state index < -0.39 is 0 Å². The molecule has 0 aliphatic rings. The number of hydrogen-bond donors (Lipinski definition) is 1. The maximum absolute atomic E-state index is 12.0. The number of rotatable bonds is 7.